The Bertz CT molecular complexity index is 342. The minimum absolute atomic E-state index is 0.314. The lowest BCUT2D eigenvalue weighted by Crippen LogP contribution is -2.23. The molecule has 0 aliphatic heterocycles. The maximum Gasteiger partial charge on any atom is 0.308 e. The number of carbonyl (C=O) groups is 1. The number of nitrogens with zero attached hydrogens (tertiary/aromatic N) is 2. The van der Waals surface area contributed by atoms with Crippen molar-refractivity contribution >= 4 is 23.4 Å². The number of aromatic nitrogens is 2. The molecule has 1 aromatic heterocycles. The maximum absolute atomic E-state index is 10.9. The molecule has 0 bridgehead atoms. The average Bonchev–Trinajstić information content (AvgIpc) is 2.26. The maximum atomic E-state index is 10.9. The molecule has 0 amide bonds. The van der Waals surface area contributed by atoms with Gasteiger partial charge in [-0.05, 0) is 18.6 Å². The summed E-state index contributed by atoms with van der Waals surface area (Å²) in [6.07, 6.45) is 1.48. The van der Waals surface area contributed by atoms with Crippen LogP contribution in [-0.2, 0) is 4.79 Å². The van der Waals surface area contributed by atoms with Gasteiger partial charge in [0.15, 0.2) is 5.15 Å². The van der Waals surface area contributed by atoms with Gasteiger partial charge >= 0.3 is 5.97 Å². The molecular weight excluding hydrogens is 230 g/mol. The number of nitrogens with one attached hydrogen (secondary N) is 1. The molecule has 0 fully saturated rings. The first-order valence-corrected chi connectivity index (χ1v) is 5.47. The predicted octanol–water partition coefficient (Wildman–Crippen LogP) is 2.04. The van der Waals surface area contributed by atoms with Gasteiger partial charge in [0.2, 0.25) is 0 Å². The van der Waals surface area contributed by atoms with E-state index in [0.717, 1.165) is 6.42 Å². The van der Waals surface area contributed by atoms with E-state index in [0.29, 0.717) is 23.9 Å². The summed E-state index contributed by atoms with van der Waals surface area (Å²) in [6, 6.07) is 3.27. The molecule has 5 nitrogen and oxygen atoms in total. The lowest BCUT2D eigenvalue weighted by Gasteiger charge is -2.12. The van der Waals surface area contributed by atoms with Crippen LogP contribution >= 0.6 is 11.6 Å². The topological polar surface area (TPSA) is 75.1 Å². The summed E-state index contributed by atoms with van der Waals surface area (Å²) in [5.74, 6) is -0.662. The molecular formula is C10H14ClN3O2. The van der Waals surface area contributed by atoms with Crippen LogP contribution in [0, 0.1) is 5.92 Å². The monoisotopic (exact) mass is 243 g/mol. The van der Waals surface area contributed by atoms with Gasteiger partial charge in [-0.3, -0.25) is 4.79 Å². The van der Waals surface area contributed by atoms with E-state index in [4.69, 9.17) is 16.7 Å². The molecule has 1 atom stereocenters. The summed E-state index contributed by atoms with van der Waals surface area (Å²) in [5.41, 5.74) is 0. The molecule has 6 heteroatoms. The highest BCUT2D eigenvalue weighted by atomic mass is 35.5. The Morgan fingerprint density at radius 3 is 2.81 bits per heavy atom. The van der Waals surface area contributed by atoms with Gasteiger partial charge in [0, 0.05) is 6.54 Å². The van der Waals surface area contributed by atoms with Gasteiger partial charge in [-0.15, -0.1) is 10.2 Å². The minimum Gasteiger partial charge on any atom is -0.481 e. The van der Waals surface area contributed by atoms with Gasteiger partial charge in [-0.1, -0.05) is 24.9 Å². The fourth-order valence-corrected chi connectivity index (χ4v) is 1.40. The summed E-state index contributed by atoms with van der Waals surface area (Å²) < 4.78 is 0. The molecule has 1 rings (SSSR count). The third-order valence-corrected chi connectivity index (χ3v) is 2.35. The van der Waals surface area contributed by atoms with Crippen molar-refractivity contribution in [1.82, 2.24) is 10.2 Å². The van der Waals surface area contributed by atoms with Crippen molar-refractivity contribution < 1.29 is 9.90 Å². The molecule has 0 aliphatic rings. The molecule has 0 spiro atoms. The van der Waals surface area contributed by atoms with E-state index >= 15 is 0 Å². The Labute approximate surface area is 98.8 Å². The fraction of sp³-hybridized carbons (Fsp3) is 0.500. The van der Waals surface area contributed by atoms with Crippen molar-refractivity contribution in [2.45, 2.75) is 19.8 Å². The van der Waals surface area contributed by atoms with Gasteiger partial charge in [0.25, 0.3) is 0 Å². The molecule has 1 heterocycles. The number of carboxylic acids is 1. The number of rotatable bonds is 6. The van der Waals surface area contributed by atoms with E-state index in [1.807, 2.05) is 6.92 Å². The van der Waals surface area contributed by atoms with Crippen LogP contribution in [0.2, 0.25) is 5.15 Å². The first-order chi connectivity index (χ1) is 7.63. The number of hydrogen-bond donors (Lipinski definition) is 2. The fourth-order valence-electron chi connectivity index (χ4n) is 1.30. The quantitative estimate of drug-likeness (QED) is 0.800. The summed E-state index contributed by atoms with van der Waals surface area (Å²) in [5, 5.41) is 19.6. The van der Waals surface area contributed by atoms with Crippen LogP contribution in [0.1, 0.15) is 19.8 Å². The number of anilines is 1. The van der Waals surface area contributed by atoms with Gasteiger partial charge < -0.3 is 10.4 Å². The molecule has 0 aromatic carbocycles. The second kappa shape index (κ2) is 6.27. The SMILES string of the molecule is CCCC(CNc1ccc(Cl)nn1)C(=O)O. The number of carboxylic acid groups (broad SMARTS) is 1. The van der Waals surface area contributed by atoms with E-state index in [-0.39, 0.29) is 0 Å². The average molecular weight is 244 g/mol. The zero-order valence-electron chi connectivity index (χ0n) is 8.98. The first kappa shape index (κ1) is 12.7. The Morgan fingerprint density at radius 2 is 2.31 bits per heavy atom. The van der Waals surface area contributed by atoms with E-state index < -0.39 is 11.9 Å². The third kappa shape index (κ3) is 4.02. The lowest BCUT2D eigenvalue weighted by atomic mass is 10.0. The van der Waals surface area contributed by atoms with Crippen LogP contribution in [0.25, 0.3) is 0 Å². The van der Waals surface area contributed by atoms with E-state index in [1.165, 1.54) is 0 Å². The summed E-state index contributed by atoms with van der Waals surface area (Å²) in [6.45, 7) is 2.30. The van der Waals surface area contributed by atoms with E-state index in [1.54, 1.807) is 12.1 Å². The molecule has 16 heavy (non-hydrogen) atoms. The summed E-state index contributed by atoms with van der Waals surface area (Å²) >= 11 is 5.58. The Hall–Kier alpha value is -1.36. The zero-order chi connectivity index (χ0) is 12.0. The van der Waals surface area contributed by atoms with Crippen molar-refractivity contribution in [3.8, 4) is 0 Å². The van der Waals surface area contributed by atoms with Gasteiger partial charge in [0.1, 0.15) is 5.82 Å². The molecule has 0 saturated carbocycles. The van der Waals surface area contributed by atoms with Crippen molar-refractivity contribution in [2.75, 3.05) is 11.9 Å². The van der Waals surface area contributed by atoms with Crippen LogP contribution in [0.3, 0.4) is 0 Å². The molecule has 1 aromatic rings. The van der Waals surface area contributed by atoms with Gasteiger partial charge in [-0.2, -0.15) is 0 Å². The Balaban J connectivity index is 2.48. The second-order valence-corrected chi connectivity index (χ2v) is 3.83. The second-order valence-electron chi connectivity index (χ2n) is 3.45. The number of hydrogen-bond acceptors (Lipinski definition) is 4. The summed E-state index contributed by atoms with van der Waals surface area (Å²) in [4.78, 5) is 10.9. The Kier molecular flexibility index (Phi) is 4.98. The van der Waals surface area contributed by atoms with Gasteiger partial charge in [0.05, 0.1) is 5.92 Å². The minimum atomic E-state index is -0.795. The smallest absolute Gasteiger partial charge is 0.308 e. The van der Waals surface area contributed by atoms with Crippen LogP contribution in [0.5, 0.6) is 0 Å². The van der Waals surface area contributed by atoms with Crippen LogP contribution in [-0.4, -0.2) is 27.8 Å². The van der Waals surface area contributed by atoms with Crippen molar-refractivity contribution in [3.63, 3.8) is 0 Å². The zero-order valence-corrected chi connectivity index (χ0v) is 9.74. The molecule has 1 unspecified atom stereocenters. The third-order valence-electron chi connectivity index (χ3n) is 2.15. The molecule has 2 N–H and O–H groups in total. The molecule has 88 valence electrons. The van der Waals surface area contributed by atoms with Crippen LogP contribution in [0.4, 0.5) is 5.82 Å². The highest BCUT2D eigenvalue weighted by Gasteiger charge is 2.15. The van der Waals surface area contributed by atoms with Crippen molar-refractivity contribution in [1.29, 1.82) is 0 Å². The summed E-state index contributed by atoms with van der Waals surface area (Å²) in [7, 11) is 0. The normalized spacial score (nSPS) is 12.1. The number of aliphatic carboxylic acids is 1. The van der Waals surface area contributed by atoms with Crippen molar-refractivity contribution in [3.05, 3.63) is 17.3 Å². The highest BCUT2D eigenvalue weighted by Crippen LogP contribution is 2.10. The highest BCUT2D eigenvalue weighted by molar-refractivity contribution is 6.29. The van der Waals surface area contributed by atoms with E-state index in [2.05, 4.69) is 15.5 Å². The van der Waals surface area contributed by atoms with Crippen LogP contribution in [0.15, 0.2) is 12.1 Å². The first-order valence-electron chi connectivity index (χ1n) is 5.09. The standard InChI is InChI=1S/C10H14ClN3O2/c1-2-3-7(10(15)16)6-12-9-5-4-8(11)13-14-9/h4-5,7H,2-3,6H2,1H3,(H,12,14)(H,15,16). The molecule has 0 saturated heterocycles. The molecule has 0 aliphatic carbocycles. The van der Waals surface area contributed by atoms with Crippen LogP contribution < -0.4 is 5.32 Å². The lowest BCUT2D eigenvalue weighted by molar-refractivity contribution is -0.141. The Morgan fingerprint density at radius 1 is 1.56 bits per heavy atom. The van der Waals surface area contributed by atoms with E-state index in [9.17, 15) is 4.79 Å². The number of halogens is 1. The largest absolute Gasteiger partial charge is 0.481 e. The predicted molar refractivity (Wildman–Crippen MR) is 61.6 cm³/mol. The van der Waals surface area contributed by atoms with Crippen molar-refractivity contribution in [2.24, 2.45) is 5.92 Å². The molecule has 0 radical (unpaired) electrons. The van der Waals surface area contributed by atoms with Gasteiger partial charge in [-0.25, -0.2) is 0 Å².